The van der Waals surface area contributed by atoms with Gasteiger partial charge in [-0.05, 0) is 40.7 Å². The zero-order valence-electron chi connectivity index (χ0n) is 11.3. The first-order valence-electron chi connectivity index (χ1n) is 6.34. The number of carboxylic acids is 1. The molecule has 100 valence electrons. The van der Waals surface area contributed by atoms with E-state index in [1.807, 2.05) is 20.8 Å². The highest BCUT2D eigenvalue weighted by Gasteiger charge is 2.38. The molecule has 1 fully saturated rings. The predicted molar refractivity (Wildman–Crippen MR) is 71.9 cm³/mol. The summed E-state index contributed by atoms with van der Waals surface area (Å²) in [5, 5.41) is 10.3. The van der Waals surface area contributed by atoms with Crippen LogP contribution in [0.2, 0.25) is 0 Å². The van der Waals surface area contributed by atoms with Crippen LogP contribution in [0.25, 0.3) is 0 Å². The number of hydrogen-bond donors (Lipinski definition) is 1. The summed E-state index contributed by atoms with van der Waals surface area (Å²) >= 11 is 1.72. The number of aryl methyl sites for hydroxylation is 2. The van der Waals surface area contributed by atoms with Gasteiger partial charge < -0.3 is 5.11 Å². The van der Waals surface area contributed by atoms with E-state index >= 15 is 0 Å². The van der Waals surface area contributed by atoms with E-state index in [-0.39, 0.29) is 18.0 Å². The highest BCUT2D eigenvalue weighted by atomic mass is 32.1. The molecule has 18 heavy (non-hydrogen) atoms. The van der Waals surface area contributed by atoms with Gasteiger partial charge in [-0.25, -0.2) is 4.98 Å². The topological polar surface area (TPSA) is 53.4 Å². The summed E-state index contributed by atoms with van der Waals surface area (Å²) < 4.78 is 0. The lowest BCUT2D eigenvalue weighted by Crippen LogP contribution is -2.34. The minimum atomic E-state index is -0.672. The molecule has 0 saturated carbocycles. The molecule has 0 bridgehead atoms. The van der Waals surface area contributed by atoms with Crippen molar-refractivity contribution in [2.45, 2.75) is 46.2 Å². The molecule has 0 aromatic carbocycles. The Hall–Kier alpha value is -0.940. The molecule has 2 rings (SSSR count). The molecule has 4 nitrogen and oxygen atoms in total. The lowest BCUT2D eigenvalue weighted by molar-refractivity contribution is -0.142. The third-order valence-electron chi connectivity index (χ3n) is 3.94. The molecular weight excluding hydrogens is 248 g/mol. The summed E-state index contributed by atoms with van der Waals surface area (Å²) in [6.45, 7) is 9.08. The minimum absolute atomic E-state index is 0.0966. The molecule has 1 N–H and O–H groups in total. The van der Waals surface area contributed by atoms with Gasteiger partial charge in [-0.1, -0.05) is 0 Å². The number of thiazole rings is 1. The second-order valence-corrected chi connectivity index (χ2v) is 6.31. The third-order valence-corrected chi connectivity index (χ3v) is 5.18. The standard InChI is InChI=1S/C13H20N2O2S/c1-7-12(18-10(4)14-7)9(3)15-6-5-11(8(15)2)13(16)17/h8-9,11H,5-6H2,1-4H3,(H,16,17). The van der Waals surface area contributed by atoms with E-state index in [1.54, 1.807) is 11.3 Å². The average Bonchev–Trinajstić information content (AvgIpc) is 2.81. The van der Waals surface area contributed by atoms with Crippen molar-refractivity contribution in [2.75, 3.05) is 6.54 Å². The van der Waals surface area contributed by atoms with Gasteiger partial charge in [0.2, 0.25) is 0 Å². The highest BCUT2D eigenvalue weighted by molar-refractivity contribution is 7.11. The van der Waals surface area contributed by atoms with E-state index in [9.17, 15) is 9.90 Å². The summed E-state index contributed by atoms with van der Waals surface area (Å²) in [4.78, 5) is 19.2. The maximum absolute atomic E-state index is 11.2. The molecular formula is C13H20N2O2S. The largest absolute Gasteiger partial charge is 0.481 e. The summed E-state index contributed by atoms with van der Waals surface area (Å²) in [5.41, 5.74) is 1.08. The second-order valence-electron chi connectivity index (χ2n) is 5.07. The fourth-order valence-electron chi connectivity index (χ4n) is 2.93. The first kappa shape index (κ1) is 13.5. The minimum Gasteiger partial charge on any atom is -0.481 e. The lowest BCUT2D eigenvalue weighted by Gasteiger charge is -2.29. The van der Waals surface area contributed by atoms with Crippen LogP contribution in [0.5, 0.6) is 0 Å². The number of rotatable bonds is 3. The van der Waals surface area contributed by atoms with Crippen molar-refractivity contribution in [3.05, 3.63) is 15.6 Å². The van der Waals surface area contributed by atoms with E-state index in [2.05, 4.69) is 16.8 Å². The molecule has 1 saturated heterocycles. The predicted octanol–water partition coefficient (Wildman–Crippen LogP) is 2.62. The molecule has 3 unspecified atom stereocenters. The normalized spacial score (nSPS) is 26.4. The van der Waals surface area contributed by atoms with Crippen LogP contribution in [-0.4, -0.2) is 33.5 Å². The van der Waals surface area contributed by atoms with Crippen LogP contribution >= 0.6 is 11.3 Å². The van der Waals surface area contributed by atoms with Crippen LogP contribution in [0.15, 0.2) is 0 Å². The number of aliphatic carboxylic acids is 1. The molecule has 1 aliphatic heterocycles. The third kappa shape index (κ3) is 2.29. The molecule has 0 amide bonds. The zero-order valence-corrected chi connectivity index (χ0v) is 12.1. The van der Waals surface area contributed by atoms with Gasteiger partial charge >= 0.3 is 5.97 Å². The van der Waals surface area contributed by atoms with E-state index in [4.69, 9.17) is 0 Å². The Kier molecular flexibility index (Phi) is 3.73. The molecule has 2 heterocycles. The van der Waals surface area contributed by atoms with Crippen molar-refractivity contribution in [1.29, 1.82) is 0 Å². The van der Waals surface area contributed by atoms with Crippen LogP contribution in [0.4, 0.5) is 0 Å². The first-order valence-corrected chi connectivity index (χ1v) is 7.16. The Balaban J connectivity index is 2.18. The van der Waals surface area contributed by atoms with Crippen molar-refractivity contribution in [1.82, 2.24) is 9.88 Å². The summed E-state index contributed by atoms with van der Waals surface area (Å²) in [5.74, 6) is -0.906. The number of carboxylic acid groups (broad SMARTS) is 1. The fraction of sp³-hybridized carbons (Fsp3) is 0.692. The van der Waals surface area contributed by atoms with Crippen molar-refractivity contribution >= 4 is 17.3 Å². The maximum Gasteiger partial charge on any atom is 0.308 e. The molecule has 1 aromatic heterocycles. The van der Waals surface area contributed by atoms with Gasteiger partial charge in [0.05, 0.1) is 16.6 Å². The maximum atomic E-state index is 11.2. The van der Waals surface area contributed by atoms with Crippen LogP contribution in [-0.2, 0) is 4.79 Å². The van der Waals surface area contributed by atoms with Crippen LogP contribution in [0.3, 0.4) is 0 Å². The fourth-order valence-corrected chi connectivity index (χ4v) is 3.93. The van der Waals surface area contributed by atoms with Crippen LogP contribution in [0.1, 0.15) is 41.9 Å². The van der Waals surface area contributed by atoms with E-state index in [1.165, 1.54) is 4.88 Å². The molecule has 1 aliphatic rings. The molecule has 0 spiro atoms. The van der Waals surface area contributed by atoms with Gasteiger partial charge in [-0.15, -0.1) is 11.3 Å². The first-order chi connectivity index (χ1) is 8.41. The number of hydrogen-bond acceptors (Lipinski definition) is 4. The number of carbonyl (C=O) groups is 1. The van der Waals surface area contributed by atoms with Gasteiger partial charge in [0.25, 0.3) is 0 Å². The van der Waals surface area contributed by atoms with Crippen molar-refractivity contribution in [3.63, 3.8) is 0 Å². The van der Waals surface area contributed by atoms with Crippen molar-refractivity contribution < 1.29 is 9.90 Å². The van der Waals surface area contributed by atoms with Crippen molar-refractivity contribution in [2.24, 2.45) is 5.92 Å². The van der Waals surface area contributed by atoms with Gasteiger partial charge in [0, 0.05) is 17.0 Å². The molecule has 0 aliphatic carbocycles. The Morgan fingerprint density at radius 2 is 2.22 bits per heavy atom. The SMILES string of the molecule is Cc1nc(C)c(C(C)N2CCC(C(=O)O)C2C)s1. The summed E-state index contributed by atoms with van der Waals surface area (Å²) in [6, 6.07) is 0.356. The quantitative estimate of drug-likeness (QED) is 0.915. The highest BCUT2D eigenvalue weighted by Crippen LogP contribution is 2.36. The molecule has 3 atom stereocenters. The molecule has 1 aromatic rings. The van der Waals surface area contributed by atoms with E-state index < -0.39 is 5.97 Å². The number of likely N-dealkylation sites (tertiary alicyclic amines) is 1. The number of nitrogens with zero attached hydrogens (tertiary/aromatic N) is 2. The smallest absolute Gasteiger partial charge is 0.308 e. The second kappa shape index (κ2) is 4.97. The molecule has 0 radical (unpaired) electrons. The van der Waals surface area contributed by atoms with Crippen LogP contribution < -0.4 is 0 Å². The Labute approximate surface area is 112 Å². The van der Waals surface area contributed by atoms with Gasteiger partial charge in [-0.3, -0.25) is 9.69 Å². The lowest BCUT2D eigenvalue weighted by atomic mass is 10.0. The zero-order chi connectivity index (χ0) is 13.4. The average molecular weight is 268 g/mol. The Morgan fingerprint density at radius 1 is 1.56 bits per heavy atom. The Morgan fingerprint density at radius 3 is 2.67 bits per heavy atom. The van der Waals surface area contributed by atoms with E-state index in [0.29, 0.717) is 0 Å². The van der Waals surface area contributed by atoms with Crippen LogP contribution in [0, 0.1) is 19.8 Å². The van der Waals surface area contributed by atoms with Crippen molar-refractivity contribution in [3.8, 4) is 0 Å². The monoisotopic (exact) mass is 268 g/mol. The van der Waals surface area contributed by atoms with Gasteiger partial charge in [0.15, 0.2) is 0 Å². The number of aromatic nitrogens is 1. The summed E-state index contributed by atoms with van der Waals surface area (Å²) in [7, 11) is 0. The van der Waals surface area contributed by atoms with Gasteiger partial charge in [0.1, 0.15) is 0 Å². The summed E-state index contributed by atoms with van der Waals surface area (Å²) in [6.07, 6.45) is 0.748. The molecule has 5 heteroatoms. The van der Waals surface area contributed by atoms with Gasteiger partial charge in [-0.2, -0.15) is 0 Å². The van der Waals surface area contributed by atoms with E-state index in [0.717, 1.165) is 23.7 Å². The Bertz CT molecular complexity index is 458.